The molecule has 0 bridgehead atoms. The summed E-state index contributed by atoms with van der Waals surface area (Å²) in [5.74, 6) is 0.0367. The Morgan fingerprint density at radius 1 is 0.935 bits per heavy atom. The maximum atomic E-state index is 13.4. The topological polar surface area (TPSA) is 135 Å². The summed E-state index contributed by atoms with van der Waals surface area (Å²) in [6.07, 6.45) is 1.57. The van der Waals surface area contributed by atoms with Gasteiger partial charge in [-0.2, -0.15) is 0 Å². The number of nitrogens with zero attached hydrogens (tertiary/aromatic N) is 1. The third-order valence-electron chi connectivity index (χ3n) is 7.78. The maximum Gasteiger partial charge on any atom is 0.255 e. The molecule has 1 aliphatic rings. The first kappa shape index (κ1) is 33.8. The van der Waals surface area contributed by atoms with E-state index in [9.17, 15) is 19.2 Å². The molecule has 0 radical (unpaired) electrons. The van der Waals surface area contributed by atoms with E-state index in [2.05, 4.69) is 16.0 Å². The number of amides is 4. The molecular formula is C35H42N4O7. The number of hydrogen-bond acceptors (Lipinski definition) is 7. The number of likely N-dealkylation sites (N-methyl/N-ethyl adjacent to an activating group) is 1. The first-order valence-corrected chi connectivity index (χ1v) is 15.4. The molecule has 4 rings (SSSR count). The van der Waals surface area contributed by atoms with Crippen molar-refractivity contribution in [3.8, 4) is 17.2 Å². The number of benzene rings is 3. The second-order valence-corrected chi connectivity index (χ2v) is 11.1. The molecule has 0 spiro atoms. The zero-order chi connectivity index (χ0) is 32.9. The van der Waals surface area contributed by atoms with Gasteiger partial charge >= 0.3 is 0 Å². The van der Waals surface area contributed by atoms with Crippen LogP contribution < -0.4 is 30.2 Å². The highest BCUT2D eigenvalue weighted by Crippen LogP contribution is 2.28. The highest BCUT2D eigenvalue weighted by atomic mass is 16.5. The Bertz CT molecular complexity index is 1500. The van der Waals surface area contributed by atoms with Gasteiger partial charge in [0, 0.05) is 26.4 Å². The molecule has 0 aliphatic carbocycles. The van der Waals surface area contributed by atoms with Crippen LogP contribution in [0.25, 0.3) is 0 Å². The highest BCUT2D eigenvalue weighted by molar-refractivity contribution is 5.99. The Kier molecular flexibility index (Phi) is 12.4. The fraction of sp³-hybridized carbons (Fsp3) is 0.371. The number of rotatable bonds is 9. The molecule has 0 fully saturated rings. The first-order valence-electron chi connectivity index (χ1n) is 15.4. The third-order valence-corrected chi connectivity index (χ3v) is 7.78. The largest absolute Gasteiger partial charge is 0.493 e. The van der Waals surface area contributed by atoms with Gasteiger partial charge in [-0.15, -0.1) is 0 Å². The molecule has 0 saturated heterocycles. The van der Waals surface area contributed by atoms with Gasteiger partial charge in [0.15, 0.2) is 11.5 Å². The lowest BCUT2D eigenvalue weighted by Gasteiger charge is -2.25. The van der Waals surface area contributed by atoms with E-state index < -0.39 is 29.8 Å². The van der Waals surface area contributed by atoms with Gasteiger partial charge < -0.3 is 35.1 Å². The smallest absolute Gasteiger partial charge is 0.255 e. The summed E-state index contributed by atoms with van der Waals surface area (Å²) in [4.78, 5) is 54.9. The zero-order valence-corrected chi connectivity index (χ0v) is 26.5. The average Bonchev–Trinajstić information content (AvgIpc) is 3.07. The zero-order valence-electron chi connectivity index (χ0n) is 26.5. The van der Waals surface area contributed by atoms with Gasteiger partial charge in [0.05, 0.1) is 26.3 Å². The predicted molar refractivity (Wildman–Crippen MR) is 173 cm³/mol. The summed E-state index contributed by atoms with van der Waals surface area (Å²) in [6, 6.07) is 20.0. The number of aryl methyl sites for hydroxylation is 1. The summed E-state index contributed by atoms with van der Waals surface area (Å²) in [5.41, 5.74) is 2.17. The number of carbonyl (C=O) groups excluding carboxylic acids is 4. The molecule has 3 aromatic rings. The number of nitrogens with one attached hydrogen (secondary N) is 3. The molecule has 1 heterocycles. The maximum absolute atomic E-state index is 13.4. The second-order valence-electron chi connectivity index (χ2n) is 11.1. The van der Waals surface area contributed by atoms with Gasteiger partial charge in [0.2, 0.25) is 17.7 Å². The third kappa shape index (κ3) is 9.47. The number of hydrogen-bond donors (Lipinski definition) is 3. The van der Waals surface area contributed by atoms with Crippen LogP contribution in [-0.4, -0.2) is 81.6 Å². The van der Waals surface area contributed by atoms with Crippen LogP contribution in [0.1, 0.15) is 40.7 Å². The Hall–Kier alpha value is -5.06. The lowest BCUT2D eigenvalue weighted by molar-refractivity contribution is -0.135. The number of para-hydroxylation sites is 1. The van der Waals surface area contributed by atoms with Gasteiger partial charge in [-0.1, -0.05) is 48.5 Å². The van der Waals surface area contributed by atoms with Crippen LogP contribution in [0.5, 0.6) is 17.2 Å². The van der Waals surface area contributed by atoms with Crippen molar-refractivity contribution in [3.05, 3.63) is 89.5 Å². The van der Waals surface area contributed by atoms with Crippen molar-refractivity contribution in [2.45, 2.75) is 44.2 Å². The first-order chi connectivity index (χ1) is 22.3. The minimum atomic E-state index is -0.997. The van der Waals surface area contributed by atoms with Crippen LogP contribution >= 0.6 is 0 Å². The fourth-order valence-electron chi connectivity index (χ4n) is 5.21. The van der Waals surface area contributed by atoms with E-state index >= 15 is 0 Å². The summed E-state index contributed by atoms with van der Waals surface area (Å²) in [6.45, 7) is 0.720. The molecule has 11 heteroatoms. The van der Waals surface area contributed by atoms with Crippen LogP contribution in [0.15, 0.2) is 72.8 Å². The highest BCUT2D eigenvalue weighted by Gasteiger charge is 2.28. The summed E-state index contributed by atoms with van der Waals surface area (Å²) >= 11 is 0. The molecule has 46 heavy (non-hydrogen) atoms. The molecule has 0 unspecified atom stereocenters. The van der Waals surface area contributed by atoms with Crippen molar-refractivity contribution in [1.29, 1.82) is 0 Å². The quantitative estimate of drug-likeness (QED) is 0.310. The summed E-state index contributed by atoms with van der Waals surface area (Å²) < 4.78 is 16.6. The Morgan fingerprint density at radius 3 is 2.43 bits per heavy atom. The molecule has 244 valence electrons. The Labute approximate surface area is 269 Å². The van der Waals surface area contributed by atoms with E-state index in [-0.39, 0.29) is 37.5 Å². The minimum absolute atomic E-state index is 0.0319. The molecule has 0 aromatic heterocycles. The molecule has 4 amide bonds. The molecule has 11 nitrogen and oxygen atoms in total. The Morgan fingerprint density at radius 2 is 1.67 bits per heavy atom. The normalized spacial score (nSPS) is 17.7. The monoisotopic (exact) mass is 630 g/mol. The van der Waals surface area contributed by atoms with Crippen molar-refractivity contribution >= 4 is 23.6 Å². The van der Waals surface area contributed by atoms with Crippen LogP contribution in [0.4, 0.5) is 0 Å². The van der Waals surface area contributed by atoms with E-state index in [0.29, 0.717) is 43.1 Å². The fourth-order valence-corrected chi connectivity index (χ4v) is 5.21. The molecular weight excluding hydrogens is 588 g/mol. The molecule has 1 aliphatic heterocycles. The van der Waals surface area contributed by atoms with Gasteiger partial charge in [-0.05, 0) is 54.7 Å². The van der Waals surface area contributed by atoms with Crippen LogP contribution in [0.3, 0.4) is 0 Å². The summed E-state index contributed by atoms with van der Waals surface area (Å²) in [5, 5.41) is 8.55. The standard InChI is InChI=1S/C35H42N4O7/c1-39-20-21-46-29-14-8-7-13-26(29)33(41)38-27(16-18-32(40)37-28(35(39)43)22-24-10-5-4-6-11-24)34(42)36-19-9-12-25-15-17-30(44-2)31(23-25)45-3/h4-8,10-11,13-15,17,23,27-28H,9,12,16,18-22H2,1-3H3,(H,36,42)(H,37,40)(H,38,41)/t27-,28-/m0/s1. The number of carbonyl (C=O) groups is 4. The van der Waals surface area contributed by atoms with Gasteiger partial charge in [0.25, 0.3) is 5.91 Å². The average molecular weight is 631 g/mol. The van der Waals surface area contributed by atoms with Crippen molar-refractivity contribution in [3.63, 3.8) is 0 Å². The van der Waals surface area contributed by atoms with Crippen molar-refractivity contribution < 1.29 is 33.4 Å². The number of methoxy groups -OCH3 is 2. The number of fused-ring (bicyclic) bond motifs is 1. The minimum Gasteiger partial charge on any atom is -0.493 e. The second kappa shape index (κ2) is 16.9. The Balaban J connectivity index is 1.47. The van der Waals surface area contributed by atoms with Crippen molar-refractivity contribution in [2.75, 3.05) is 41.0 Å². The van der Waals surface area contributed by atoms with Crippen LogP contribution in [0.2, 0.25) is 0 Å². The summed E-state index contributed by atoms with van der Waals surface area (Å²) in [7, 11) is 4.81. The SMILES string of the molecule is COc1ccc(CCCNC(=O)[C@@H]2CCC(=O)N[C@@H](Cc3ccccc3)C(=O)N(C)CCOc3ccccc3C(=O)N2)cc1OC. The van der Waals surface area contributed by atoms with Gasteiger partial charge in [0.1, 0.15) is 24.4 Å². The van der Waals surface area contributed by atoms with E-state index in [1.54, 1.807) is 45.5 Å². The van der Waals surface area contributed by atoms with Crippen LogP contribution in [-0.2, 0) is 27.2 Å². The van der Waals surface area contributed by atoms with E-state index in [4.69, 9.17) is 14.2 Å². The van der Waals surface area contributed by atoms with Crippen molar-refractivity contribution in [2.24, 2.45) is 0 Å². The van der Waals surface area contributed by atoms with Crippen LogP contribution in [0, 0.1) is 0 Å². The van der Waals surface area contributed by atoms with Gasteiger partial charge in [-0.3, -0.25) is 19.2 Å². The number of ether oxygens (including phenoxy) is 3. The molecule has 0 saturated carbocycles. The van der Waals surface area contributed by atoms with Crippen molar-refractivity contribution in [1.82, 2.24) is 20.9 Å². The van der Waals surface area contributed by atoms with E-state index in [0.717, 1.165) is 11.1 Å². The predicted octanol–water partition coefficient (Wildman–Crippen LogP) is 2.91. The lowest BCUT2D eigenvalue weighted by Crippen LogP contribution is -2.50. The molecule has 2 atom stereocenters. The van der Waals surface area contributed by atoms with E-state index in [1.807, 2.05) is 48.5 Å². The van der Waals surface area contributed by atoms with E-state index in [1.165, 1.54) is 4.90 Å². The lowest BCUT2D eigenvalue weighted by atomic mass is 10.0. The van der Waals surface area contributed by atoms with Gasteiger partial charge in [-0.25, -0.2) is 0 Å². The molecule has 3 N–H and O–H groups in total. The molecule has 3 aromatic carbocycles.